The number of oxazole rings is 1. The van der Waals surface area contributed by atoms with E-state index < -0.39 is 5.91 Å². The highest BCUT2D eigenvalue weighted by atomic mass is 16.5. The molecule has 2 amide bonds. The van der Waals surface area contributed by atoms with Crippen LogP contribution < -0.4 is 15.8 Å². The number of hydrogen-bond donors (Lipinski definition) is 2. The van der Waals surface area contributed by atoms with Crippen molar-refractivity contribution in [3.63, 3.8) is 0 Å². The van der Waals surface area contributed by atoms with Gasteiger partial charge in [-0.15, -0.1) is 0 Å². The number of nitrogens with two attached hydrogens (primary N) is 1. The Morgan fingerprint density at radius 1 is 1.27 bits per heavy atom. The third-order valence-electron chi connectivity index (χ3n) is 4.15. The number of primary amides is 1. The van der Waals surface area contributed by atoms with E-state index in [0.29, 0.717) is 42.5 Å². The van der Waals surface area contributed by atoms with Gasteiger partial charge in [0.05, 0.1) is 24.9 Å². The standard InChI is InChI=1S/C18H21N3O5/c1-10-16(25-11(2)20-10)18(23)21-14-9-24-8-7-15(14)26-13-5-3-12(4-6-13)17(19)22/h3-6,14-15H,7-9H2,1-2H3,(H2,19,22)(H,21,23)/t14-,15-/m1/s1. The number of amides is 2. The van der Waals surface area contributed by atoms with Crippen LogP contribution >= 0.6 is 0 Å². The van der Waals surface area contributed by atoms with E-state index in [1.807, 2.05) is 0 Å². The minimum atomic E-state index is -0.495. The Hall–Kier alpha value is -2.87. The van der Waals surface area contributed by atoms with Crippen molar-refractivity contribution >= 4 is 11.8 Å². The molecule has 0 bridgehead atoms. The summed E-state index contributed by atoms with van der Waals surface area (Å²) in [6, 6.07) is 6.23. The average Bonchev–Trinajstić information content (AvgIpc) is 2.95. The predicted octanol–water partition coefficient (Wildman–Crippen LogP) is 1.36. The van der Waals surface area contributed by atoms with Crippen molar-refractivity contribution in [1.82, 2.24) is 10.3 Å². The lowest BCUT2D eigenvalue weighted by Gasteiger charge is -2.32. The van der Waals surface area contributed by atoms with E-state index in [-0.39, 0.29) is 23.8 Å². The molecule has 1 aromatic heterocycles. The van der Waals surface area contributed by atoms with Crippen molar-refractivity contribution in [2.45, 2.75) is 32.4 Å². The van der Waals surface area contributed by atoms with Crippen LogP contribution in [-0.2, 0) is 4.74 Å². The number of nitrogens with one attached hydrogen (secondary N) is 1. The highest BCUT2D eigenvalue weighted by Crippen LogP contribution is 2.20. The van der Waals surface area contributed by atoms with Crippen molar-refractivity contribution in [2.75, 3.05) is 13.2 Å². The van der Waals surface area contributed by atoms with Gasteiger partial charge in [-0.25, -0.2) is 4.98 Å². The lowest BCUT2D eigenvalue weighted by atomic mass is 10.1. The zero-order valence-corrected chi connectivity index (χ0v) is 14.7. The number of nitrogens with zero attached hydrogens (tertiary/aromatic N) is 1. The van der Waals surface area contributed by atoms with Gasteiger partial charge < -0.3 is 24.9 Å². The number of hydrogen-bond acceptors (Lipinski definition) is 6. The van der Waals surface area contributed by atoms with Crippen LogP contribution in [0.3, 0.4) is 0 Å². The van der Waals surface area contributed by atoms with Crippen LogP contribution in [0.15, 0.2) is 28.7 Å². The minimum absolute atomic E-state index is 0.192. The Balaban J connectivity index is 1.68. The number of carbonyl (C=O) groups is 2. The molecule has 1 aliphatic rings. The van der Waals surface area contributed by atoms with E-state index in [0.717, 1.165) is 0 Å². The van der Waals surface area contributed by atoms with E-state index in [4.69, 9.17) is 19.6 Å². The molecule has 3 rings (SSSR count). The fourth-order valence-electron chi connectivity index (χ4n) is 2.84. The molecule has 2 heterocycles. The normalized spacial score (nSPS) is 19.8. The number of rotatable bonds is 5. The second-order valence-electron chi connectivity index (χ2n) is 6.14. The molecular weight excluding hydrogens is 338 g/mol. The summed E-state index contributed by atoms with van der Waals surface area (Å²) in [6.07, 6.45) is 0.355. The molecule has 1 saturated heterocycles. The predicted molar refractivity (Wildman–Crippen MR) is 92.0 cm³/mol. The largest absolute Gasteiger partial charge is 0.488 e. The molecule has 2 atom stereocenters. The number of carbonyl (C=O) groups excluding carboxylic acids is 2. The van der Waals surface area contributed by atoms with Crippen molar-refractivity contribution in [2.24, 2.45) is 5.73 Å². The smallest absolute Gasteiger partial charge is 0.289 e. The van der Waals surface area contributed by atoms with E-state index in [1.165, 1.54) is 0 Å². The molecule has 8 nitrogen and oxygen atoms in total. The van der Waals surface area contributed by atoms with Crippen molar-refractivity contribution in [3.05, 3.63) is 47.2 Å². The Morgan fingerprint density at radius 2 is 2.00 bits per heavy atom. The lowest BCUT2D eigenvalue weighted by molar-refractivity contribution is -0.00323. The van der Waals surface area contributed by atoms with Gasteiger partial charge in [-0.1, -0.05) is 0 Å². The first-order chi connectivity index (χ1) is 12.4. The summed E-state index contributed by atoms with van der Waals surface area (Å²) < 4.78 is 16.8. The monoisotopic (exact) mass is 359 g/mol. The molecule has 1 aromatic carbocycles. The van der Waals surface area contributed by atoms with Crippen LogP contribution in [0.4, 0.5) is 0 Å². The van der Waals surface area contributed by atoms with Gasteiger partial charge >= 0.3 is 0 Å². The van der Waals surface area contributed by atoms with Crippen LogP contribution in [0, 0.1) is 13.8 Å². The van der Waals surface area contributed by atoms with Crippen LogP contribution in [-0.4, -0.2) is 42.2 Å². The molecule has 8 heteroatoms. The van der Waals surface area contributed by atoms with Gasteiger partial charge in [-0.05, 0) is 31.2 Å². The summed E-state index contributed by atoms with van der Waals surface area (Å²) in [6.45, 7) is 4.28. The molecule has 2 aromatic rings. The summed E-state index contributed by atoms with van der Waals surface area (Å²) >= 11 is 0. The van der Waals surface area contributed by atoms with Gasteiger partial charge in [0.15, 0.2) is 5.89 Å². The van der Waals surface area contributed by atoms with E-state index in [2.05, 4.69) is 10.3 Å². The molecular formula is C18H21N3O5. The number of aryl methyl sites for hydroxylation is 2. The Bertz CT molecular complexity index is 800. The maximum absolute atomic E-state index is 12.5. The molecule has 0 unspecified atom stereocenters. The fraction of sp³-hybridized carbons (Fsp3) is 0.389. The van der Waals surface area contributed by atoms with Gasteiger partial charge in [0.1, 0.15) is 11.9 Å². The number of aromatic nitrogens is 1. The second-order valence-corrected chi connectivity index (χ2v) is 6.14. The zero-order chi connectivity index (χ0) is 18.7. The van der Waals surface area contributed by atoms with Crippen LogP contribution in [0.1, 0.15) is 38.9 Å². The third kappa shape index (κ3) is 4.02. The zero-order valence-electron chi connectivity index (χ0n) is 14.7. The van der Waals surface area contributed by atoms with E-state index >= 15 is 0 Å². The summed E-state index contributed by atoms with van der Waals surface area (Å²) in [7, 11) is 0. The number of benzene rings is 1. The highest BCUT2D eigenvalue weighted by Gasteiger charge is 2.30. The summed E-state index contributed by atoms with van der Waals surface area (Å²) in [5.41, 5.74) is 6.18. The highest BCUT2D eigenvalue weighted by molar-refractivity contribution is 5.93. The number of ether oxygens (including phenoxy) is 2. The molecule has 0 aliphatic carbocycles. The van der Waals surface area contributed by atoms with Crippen molar-refractivity contribution in [1.29, 1.82) is 0 Å². The Kier molecular flexibility index (Phi) is 5.22. The van der Waals surface area contributed by atoms with Crippen molar-refractivity contribution in [3.8, 4) is 5.75 Å². The molecule has 138 valence electrons. The summed E-state index contributed by atoms with van der Waals surface area (Å²) in [5, 5.41) is 2.89. The van der Waals surface area contributed by atoms with Gasteiger partial charge in [-0.2, -0.15) is 0 Å². The Morgan fingerprint density at radius 3 is 2.62 bits per heavy atom. The van der Waals surface area contributed by atoms with Crippen molar-refractivity contribution < 1.29 is 23.5 Å². The third-order valence-corrected chi connectivity index (χ3v) is 4.15. The molecule has 1 aliphatic heterocycles. The van der Waals surface area contributed by atoms with Crippen LogP contribution in [0.5, 0.6) is 5.75 Å². The molecule has 3 N–H and O–H groups in total. The maximum atomic E-state index is 12.5. The Labute approximate surface area is 150 Å². The molecule has 1 fully saturated rings. The molecule has 0 saturated carbocycles. The minimum Gasteiger partial charge on any atom is -0.488 e. The second kappa shape index (κ2) is 7.57. The summed E-state index contributed by atoms with van der Waals surface area (Å²) in [5.74, 6) is 0.377. The molecule has 0 radical (unpaired) electrons. The van der Waals surface area contributed by atoms with E-state index in [1.54, 1.807) is 38.1 Å². The quantitative estimate of drug-likeness (QED) is 0.832. The summed E-state index contributed by atoms with van der Waals surface area (Å²) in [4.78, 5) is 27.7. The first-order valence-corrected chi connectivity index (χ1v) is 8.33. The van der Waals surface area contributed by atoms with Gasteiger partial charge in [0.2, 0.25) is 11.7 Å². The van der Waals surface area contributed by atoms with Crippen LogP contribution in [0.25, 0.3) is 0 Å². The van der Waals surface area contributed by atoms with Gasteiger partial charge in [-0.3, -0.25) is 9.59 Å². The molecule has 26 heavy (non-hydrogen) atoms. The fourth-order valence-corrected chi connectivity index (χ4v) is 2.84. The first-order valence-electron chi connectivity index (χ1n) is 8.33. The van der Waals surface area contributed by atoms with Gasteiger partial charge in [0.25, 0.3) is 5.91 Å². The first kappa shape index (κ1) is 17.9. The van der Waals surface area contributed by atoms with Gasteiger partial charge in [0, 0.05) is 18.9 Å². The lowest BCUT2D eigenvalue weighted by Crippen LogP contribution is -2.51. The average molecular weight is 359 g/mol. The SMILES string of the molecule is Cc1nc(C)c(C(=O)N[C@@H]2COCC[C@H]2Oc2ccc(C(N)=O)cc2)o1. The maximum Gasteiger partial charge on any atom is 0.289 e. The molecule has 0 spiro atoms. The van der Waals surface area contributed by atoms with E-state index in [9.17, 15) is 9.59 Å². The van der Waals surface area contributed by atoms with Crippen LogP contribution in [0.2, 0.25) is 0 Å². The topological polar surface area (TPSA) is 117 Å².